The first-order valence-electron chi connectivity index (χ1n) is 7.19. The van der Waals surface area contributed by atoms with Gasteiger partial charge in [-0.3, -0.25) is 9.20 Å². The lowest BCUT2D eigenvalue weighted by molar-refractivity contribution is 0.244. The lowest BCUT2D eigenvalue weighted by Crippen LogP contribution is -2.40. The number of hydrogen-bond acceptors (Lipinski definition) is 4. The Balaban J connectivity index is 1.77. The summed E-state index contributed by atoms with van der Waals surface area (Å²) in [5.74, 6) is 0. The van der Waals surface area contributed by atoms with Crippen molar-refractivity contribution >= 4 is 28.0 Å². The quantitative estimate of drug-likeness (QED) is 0.895. The Hall–Kier alpha value is -1.89. The highest BCUT2D eigenvalue weighted by Gasteiger charge is 2.18. The molecule has 21 heavy (non-hydrogen) atoms. The van der Waals surface area contributed by atoms with Crippen molar-refractivity contribution in [3.63, 3.8) is 0 Å². The summed E-state index contributed by atoms with van der Waals surface area (Å²) in [5.41, 5.74) is 0.554. The van der Waals surface area contributed by atoms with Gasteiger partial charge in [0.25, 0.3) is 5.56 Å². The molecule has 1 aliphatic carbocycles. The van der Waals surface area contributed by atoms with Gasteiger partial charge in [0.2, 0.25) is 0 Å². The molecule has 0 atom stereocenters. The third kappa shape index (κ3) is 2.92. The van der Waals surface area contributed by atoms with Crippen LogP contribution in [0, 0.1) is 6.92 Å². The fraction of sp³-hybridized carbons (Fsp3) is 0.500. The molecule has 6 nitrogen and oxygen atoms in total. The Morgan fingerprint density at radius 2 is 2.14 bits per heavy atom. The Labute approximate surface area is 126 Å². The van der Waals surface area contributed by atoms with Gasteiger partial charge in [-0.05, 0) is 19.8 Å². The van der Waals surface area contributed by atoms with E-state index in [1.54, 1.807) is 18.5 Å². The number of fused-ring (bicyclic) bond motifs is 1. The number of anilines is 1. The van der Waals surface area contributed by atoms with E-state index in [9.17, 15) is 9.59 Å². The van der Waals surface area contributed by atoms with Crippen LogP contribution < -0.4 is 16.2 Å². The molecule has 0 bridgehead atoms. The van der Waals surface area contributed by atoms with Crippen molar-refractivity contribution < 1.29 is 4.79 Å². The van der Waals surface area contributed by atoms with E-state index in [1.807, 2.05) is 0 Å². The molecule has 1 saturated carbocycles. The molecule has 2 amide bonds. The van der Waals surface area contributed by atoms with Gasteiger partial charge in [-0.15, -0.1) is 11.3 Å². The Kier molecular flexibility index (Phi) is 3.92. The van der Waals surface area contributed by atoms with E-state index < -0.39 is 0 Å². The van der Waals surface area contributed by atoms with Gasteiger partial charge in [-0.2, -0.15) is 0 Å². The van der Waals surface area contributed by atoms with Crippen molar-refractivity contribution in [1.82, 2.24) is 14.7 Å². The van der Waals surface area contributed by atoms with Crippen LogP contribution in [0.1, 0.15) is 37.8 Å². The monoisotopic (exact) mass is 306 g/mol. The first-order chi connectivity index (χ1) is 10.1. The number of thiazole rings is 1. The summed E-state index contributed by atoms with van der Waals surface area (Å²) >= 11 is 1.40. The Morgan fingerprint density at radius 1 is 1.38 bits per heavy atom. The van der Waals surface area contributed by atoms with Crippen molar-refractivity contribution in [2.45, 2.75) is 45.1 Å². The number of nitrogens with one attached hydrogen (secondary N) is 2. The number of carbonyl (C=O) groups is 1. The number of rotatable bonds is 2. The summed E-state index contributed by atoms with van der Waals surface area (Å²) in [7, 11) is 0. The molecule has 7 heteroatoms. The lowest BCUT2D eigenvalue weighted by Gasteiger charge is -2.22. The predicted octanol–water partition coefficient (Wildman–Crippen LogP) is 2.52. The van der Waals surface area contributed by atoms with Crippen LogP contribution in [0.25, 0.3) is 4.96 Å². The van der Waals surface area contributed by atoms with Crippen molar-refractivity contribution in [3.05, 3.63) is 27.6 Å². The Bertz CT molecular complexity index is 715. The number of nitrogens with zero attached hydrogens (tertiary/aromatic N) is 2. The molecule has 0 aromatic carbocycles. The smallest absolute Gasteiger partial charge is 0.319 e. The normalized spacial score (nSPS) is 16.0. The molecule has 0 radical (unpaired) electrons. The highest BCUT2D eigenvalue weighted by molar-refractivity contribution is 7.15. The van der Waals surface area contributed by atoms with Crippen molar-refractivity contribution in [2.24, 2.45) is 0 Å². The van der Waals surface area contributed by atoms with Gasteiger partial charge in [-0.1, -0.05) is 19.3 Å². The summed E-state index contributed by atoms with van der Waals surface area (Å²) in [6, 6.07) is -0.112. The topological polar surface area (TPSA) is 75.5 Å². The maximum atomic E-state index is 12.3. The van der Waals surface area contributed by atoms with Crippen LogP contribution in [0.2, 0.25) is 0 Å². The summed E-state index contributed by atoms with van der Waals surface area (Å²) in [5, 5.41) is 7.41. The minimum atomic E-state index is -0.320. The van der Waals surface area contributed by atoms with Gasteiger partial charge in [0.15, 0.2) is 4.96 Å². The molecule has 3 rings (SSSR count). The van der Waals surface area contributed by atoms with Crippen LogP contribution in [-0.4, -0.2) is 21.5 Å². The van der Waals surface area contributed by atoms with E-state index in [0.717, 1.165) is 25.7 Å². The van der Waals surface area contributed by atoms with Gasteiger partial charge in [0, 0.05) is 17.6 Å². The van der Waals surface area contributed by atoms with Gasteiger partial charge >= 0.3 is 6.03 Å². The third-order valence-corrected chi connectivity index (χ3v) is 4.58. The zero-order valence-electron chi connectivity index (χ0n) is 11.9. The average Bonchev–Trinajstić information content (AvgIpc) is 2.93. The van der Waals surface area contributed by atoms with Gasteiger partial charge < -0.3 is 10.6 Å². The molecule has 0 unspecified atom stereocenters. The summed E-state index contributed by atoms with van der Waals surface area (Å²) in [4.78, 5) is 29.4. The van der Waals surface area contributed by atoms with E-state index in [0.29, 0.717) is 10.7 Å². The van der Waals surface area contributed by atoms with Crippen LogP contribution in [0.4, 0.5) is 10.5 Å². The molecule has 112 valence electrons. The van der Waals surface area contributed by atoms with Gasteiger partial charge in [0.05, 0.1) is 5.69 Å². The second-order valence-corrected chi connectivity index (χ2v) is 6.24. The number of hydrogen-bond donors (Lipinski definition) is 2. The zero-order chi connectivity index (χ0) is 14.8. The predicted molar refractivity (Wildman–Crippen MR) is 83.1 cm³/mol. The summed E-state index contributed by atoms with van der Waals surface area (Å²) < 4.78 is 1.45. The fourth-order valence-corrected chi connectivity index (χ4v) is 3.46. The van der Waals surface area contributed by atoms with Gasteiger partial charge in [-0.25, -0.2) is 9.78 Å². The average molecular weight is 306 g/mol. The lowest BCUT2D eigenvalue weighted by atomic mass is 9.96. The molecule has 1 fully saturated rings. The number of carbonyl (C=O) groups excluding carboxylic acids is 1. The zero-order valence-corrected chi connectivity index (χ0v) is 12.7. The van der Waals surface area contributed by atoms with Crippen LogP contribution in [0.3, 0.4) is 0 Å². The highest BCUT2D eigenvalue weighted by atomic mass is 32.1. The second-order valence-electron chi connectivity index (χ2n) is 5.37. The maximum Gasteiger partial charge on any atom is 0.319 e. The molecular weight excluding hydrogens is 288 g/mol. The molecule has 0 aliphatic heterocycles. The third-order valence-electron chi connectivity index (χ3n) is 3.83. The van der Waals surface area contributed by atoms with Crippen LogP contribution >= 0.6 is 11.3 Å². The Morgan fingerprint density at radius 3 is 2.90 bits per heavy atom. The summed E-state index contributed by atoms with van der Waals surface area (Å²) in [6.45, 7) is 1.73. The molecule has 1 aliphatic rings. The number of amides is 2. The second kappa shape index (κ2) is 5.85. The molecule has 2 heterocycles. The minimum absolute atomic E-state index is 0.208. The van der Waals surface area contributed by atoms with Crippen LogP contribution in [0.5, 0.6) is 0 Å². The first kappa shape index (κ1) is 14.1. The van der Waals surface area contributed by atoms with E-state index in [4.69, 9.17) is 0 Å². The molecule has 0 spiro atoms. The van der Waals surface area contributed by atoms with E-state index in [2.05, 4.69) is 15.6 Å². The molecule has 2 aromatic rings. The largest absolute Gasteiger partial charge is 0.335 e. The molecule has 2 aromatic heterocycles. The molecule has 0 saturated heterocycles. The van der Waals surface area contributed by atoms with Crippen molar-refractivity contribution in [2.75, 3.05) is 5.32 Å². The number of urea groups is 1. The van der Waals surface area contributed by atoms with Crippen LogP contribution in [-0.2, 0) is 0 Å². The maximum absolute atomic E-state index is 12.3. The molecular formula is C14H18N4O2S. The van der Waals surface area contributed by atoms with Gasteiger partial charge in [0.1, 0.15) is 5.69 Å². The van der Waals surface area contributed by atoms with Crippen LogP contribution in [0.15, 0.2) is 16.4 Å². The van der Waals surface area contributed by atoms with Crippen molar-refractivity contribution in [3.8, 4) is 0 Å². The molecule has 2 N–H and O–H groups in total. The first-order valence-corrected chi connectivity index (χ1v) is 8.07. The number of aryl methyl sites for hydroxylation is 1. The summed E-state index contributed by atoms with van der Waals surface area (Å²) in [6.07, 6.45) is 7.21. The minimum Gasteiger partial charge on any atom is -0.335 e. The number of aromatic nitrogens is 2. The van der Waals surface area contributed by atoms with E-state index in [-0.39, 0.29) is 23.3 Å². The fourth-order valence-electron chi connectivity index (χ4n) is 2.71. The van der Waals surface area contributed by atoms with E-state index >= 15 is 0 Å². The highest BCUT2D eigenvalue weighted by Crippen LogP contribution is 2.18. The van der Waals surface area contributed by atoms with Crippen molar-refractivity contribution in [1.29, 1.82) is 0 Å². The SMILES string of the molecule is Cc1nc2sccn2c(=O)c1NC(=O)NC1CCCCC1. The standard InChI is InChI=1S/C14H18N4O2S/c1-9-11(12(19)18-7-8-21-14(18)15-9)17-13(20)16-10-5-3-2-4-6-10/h7-8,10H,2-6H2,1H3,(H2,16,17,20). The van der Waals surface area contributed by atoms with E-state index in [1.165, 1.54) is 22.2 Å².